The number of rotatable bonds is 3. The second-order valence-corrected chi connectivity index (χ2v) is 8.90. The van der Waals surface area contributed by atoms with E-state index in [1.165, 1.54) is 0 Å². The van der Waals surface area contributed by atoms with Crippen LogP contribution in [0.2, 0.25) is 0 Å². The van der Waals surface area contributed by atoms with E-state index in [2.05, 4.69) is 17.2 Å². The number of allylic oxidation sites excluding steroid dienone is 5. The van der Waals surface area contributed by atoms with Crippen LogP contribution in [-0.2, 0) is 9.53 Å². The number of carbonyl (C=O) groups excluding carboxylic acids is 2. The number of hydrogen-bond acceptors (Lipinski definition) is 4. The summed E-state index contributed by atoms with van der Waals surface area (Å²) in [5, 5.41) is 6.66. The maximum absolute atomic E-state index is 13.2. The molecule has 6 nitrogen and oxygen atoms in total. The van der Waals surface area contributed by atoms with Gasteiger partial charge in [0.15, 0.2) is 0 Å². The summed E-state index contributed by atoms with van der Waals surface area (Å²) in [5.74, 6) is -0.145. The molecule has 7 heteroatoms. The Kier molecular flexibility index (Phi) is 7.96. The number of nitrogens with zero attached hydrogens (tertiary/aromatic N) is 1. The van der Waals surface area contributed by atoms with Crippen molar-refractivity contribution in [2.75, 3.05) is 13.6 Å². The quantitative estimate of drug-likeness (QED) is 0.722. The van der Waals surface area contributed by atoms with Gasteiger partial charge in [0.1, 0.15) is 11.3 Å². The van der Waals surface area contributed by atoms with E-state index in [-0.39, 0.29) is 18.0 Å². The third kappa shape index (κ3) is 7.28. The van der Waals surface area contributed by atoms with Crippen LogP contribution in [-0.4, -0.2) is 48.2 Å². The molecule has 0 radical (unpaired) electrons. The minimum absolute atomic E-state index is 0.109. The molecular formula is C22H32ClN3O3. The van der Waals surface area contributed by atoms with E-state index in [1.807, 2.05) is 26.8 Å². The topological polar surface area (TPSA) is 70.7 Å². The summed E-state index contributed by atoms with van der Waals surface area (Å²) in [4.78, 5) is 27.2. The molecule has 2 rings (SSSR count). The van der Waals surface area contributed by atoms with Crippen molar-refractivity contribution in [3.05, 3.63) is 47.2 Å². The predicted octanol–water partition coefficient (Wildman–Crippen LogP) is 4.00. The summed E-state index contributed by atoms with van der Waals surface area (Å²) in [6.45, 7) is 9.92. The smallest absolute Gasteiger partial charge is 0.407 e. The highest BCUT2D eigenvalue weighted by Crippen LogP contribution is 2.24. The van der Waals surface area contributed by atoms with E-state index in [0.29, 0.717) is 22.8 Å². The summed E-state index contributed by atoms with van der Waals surface area (Å²) < 4.78 is 5.40. The first-order valence-corrected chi connectivity index (χ1v) is 10.4. The molecule has 0 aromatic rings. The van der Waals surface area contributed by atoms with Gasteiger partial charge in [-0.25, -0.2) is 4.79 Å². The van der Waals surface area contributed by atoms with Gasteiger partial charge in [0.25, 0.3) is 5.91 Å². The summed E-state index contributed by atoms with van der Waals surface area (Å²) in [6, 6.07) is -0.260. The van der Waals surface area contributed by atoms with Crippen LogP contribution in [0.3, 0.4) is 0 Å². The summed E-state index contributed by atoms with van der Waals surface area (Å²) >= 11 is 6.09. The number of halogens is 1. The minimum Gasteiger partial charge on any atom is -0.444 e. The van der Waals surface area contributed by atoms with Crippen LogP contribution in [0.25, 0.3) is 0 Å². The van der Waals surface area contributed by atoms with Crippen LogP contribution in [0.4, 0.5) is 4.79 Å². The van der Waals surface area contributed by atoms with E-state index in [0.717, 1.165) is 25.7 Å². The third-order valence-corrected chi connectivity index (χ3v) is 5.06. The molecule has 0 spiro atoms. The number of hydrogen-bond donors (Lipinski definition) is 2. The molecule has 1 aliphatic heterocycles. The van der Waals surface area contributed by atoms with Gasteiger partial charge in [0.05, 0.1) is 12.1 Å². The van der Waals surface area contributed by atoms with Gasteiger partial charge in [-0.15, -0.1) is 0 Å². The first-order valence-electron chi connectivity index (χ1n) is 10.0. The average molecular weight is 422 g/mol. The average Bonchev–Trinajstić information content (AvgIpc) is 2.69. The van der Waals surface area contributed by atoms with Crippen LogP contribution >= 0.6 is 11.6 Å². The largest absolute Gasteiger partial charge is 0.444 e. The molecule has 2 N–H and O–H groups in total. The second kappa shape index (κ2) is 10.0. The minimum atomic E-state index is -0.565. The predicted molar refractivity (Wildman–Crippen MR) is 116 cm³/mol. The molecule has 1 saturated carbocycles. The number of alkyl carbamates (subject to hydrolysis) is 1. The Morgan fingerprint density at radius 1 is 1.28 bits per heavy atom. The standard InChI is InChI=1S/C22H32ClN3O3/c1-15-13-16(23)9-8-12-24-18(14-15)20(27)26(5)19-11-7-6-10-17(19)25-21(28)29-22(2,3)4/h8-9,13-14,17,19,24H,1,6-7,10-12H2,2-5H3,(H,25,28)/b9-8-,16-13?,18-14-/t17-,19+/m1/s1. The normalized spacial score (nSPS) is 25.8. The molecule has 2 amide bonds. The molecule has 0 aromatic carbocycles. The zero-order valence-corrected chi connectivity index (χ0v) is 18.5. The fraction of sp³-hybridized carbons (Fsp3) is 0.545. The van der Waals surface area contributed by atoms with Gasteiger partial charge in [-0.1, -0.05) is 37.1 Å². The molecule has 0 aromatic heterocycles. The number of carbonyl (C=O) groups is 2. The second-order valence-electron chi connectivity index (χ2n) is 8.47. The maximum atomic E-state index is 13.2. The first kappa shape index (κ1) is 23.1. The van der Waals surface area contributed by atoms with Crippen molar-refractivity contribution in [1.82, 2.24) is 15.5 Å². The highest BCUT2D eigenvalue weighted by atomic mass is 35.5. The lowest BCUT2D eigenvalue weighted by molar-refractivity contribution is -0.129. The number of nitrogens with one attached hydrogen (secondary N) is 2. The summed E-state index contributed by atoms with van der Waals surface area (Å²) in [5.41, 5.74) is 0.523. The molecule has 0 unspecified atom stereocenters. The fourth-order valence-electron chi connectivity index (χ4n) is 3.52. The van der Waals surface area contributed by atoms with Gasteiger partial charge >= 0.3 is 6.09 Å². The van der Waals surface area contributed by atoms with Gasteiger partial charge < -0.3 is 20.3 Å². The van der Waals surface area contributed by atoms with Gasteiger partial charge in [-0.05, 0) is 57.4 Å². The Hall–Kier alpha value is -2.21. The monoisotopic (exact) mass is 421 g/mol. The Morgan fingerprint density at radius 2 is 1.97 bits per heavy atom. The van der Waals surface area contributed by atoms with Crippen molar-refractivity contribution in [2.24, 2.45) is 0 Å². The lowest BCUT2D eigenvalue weighted by atomic mass is 9.89. The van der Waals surface area contributed by atoms with Gasteiger partial charge in [0.2, 0.25) is 0 Å². The van der Waals surface area contributed by atoms with E-state index in [4.69, 9.17) is 16.3 Å². The number of ether oxygens (including phenoxy) is 1. The molecule has 1 fully saturated rings. The summed E-state index contributed by atoms with van der Waals surface area (Å²) in [7, 11) is 1.78. The van der Waals surface area contributed by atoms with Crippen molar-refractivity contribution in [1.29, 1.82) is 0 Å². The molecule has 0 saturated heterocycles. The highest BCUT2D eigenvalue weighted by Gasteiger charge is 2.33. The zero-order chi connectivity index (χ0) is 21.6. The molecule has 29 heavy (non-hydrogen) atoms. The Morgan fingerprint density at radius 3 is 2.66 bits per heavy atom. The Labute approximate surface area is 178 Å². The van der Waals surface area contributed by atoms with Crippen LogP contribution in [0.15, 0.2) is 47.2 Å². The Bertz CT molecular complexity index is 734. The lowest BCUT2D eigenvalue weighted by Crippen LogP contribution is -2.55. The van der Waals surface area contributed by atoms with Crippen molar-refractivity contribution < 1.29 is 14.3 Å². The van der Waals surface area contributed by atoms with Crippen molar-refractivity contribution in [2.45, 2.75) is 64.1 Å². The summed E-state index contributed by atoms with van der Waals surface area (Å²) in [6.07, 6.45) is 10.2. The molecule has 0 bridgehead atoms. The van der Waals surface area contributed by atoms with Crippen LogP contribution < -0.4 is 10.6 Å². The first-order chi connectivity index (χ1) is 13.6. The Balaban J connectivity index is 2.13. The molecule has 1 aliphatic carbocycles. The van der Waals surface area contributed by atoms with E-state index in [9.17, 15) is 9.59 Å². The number of likely N-dealkylation sites (N-methyl/N-ethyl adjacent to an activating group) is 1. The lowest BCUT2D eigenvalue weighted by Gasteiger charge is -2.38. The van der Waals surface area contributed by atoms with Gasteiger partial charge in [-0.2, -0.15) is 0 Å². The fourth-order valence-corrected chi connectivity index (χ4v) is 3.75. The van der Waals surface area contributed by atoms with E-state index < -0.39 is 11.7 Å². The van der Waals surface area contributed by atoms with Crippen molar-refractivity contribution >= 4 is 23.6 Å². The molecule has 2 aliphatic rings. The zero-order valence-electron chi connectivity index (χ0n) is 17.8. The molecule has 1 heterocycles. The molecule has 2 atom stereocenters. The van der Waals surface area contributed by atoms with E-state index >= 15 is 0 Å². The maximum Gasteiger partial charge on any atom is 0.407 e. The van der Waals surface area contributed by atoms with Gasteiger partial charge in [-0.3, -0.25) is 4.79 Å². The van der Waals surface area contributed by atoms with Crippen LogP contribution in [0.1, 0.15) is 46.5 Å². The molecule has 160 valence electrons. The van der Waals surface area contributed by atoms with Gasteiger partial charge in [0, 0.05) is 18.6 Å². The number of amides is 2. The highest BCUT2D eigenvalue weighted by molar-refractivity contribution is 6.31. The third-order valence-electron chi connectivity index (χ3n) is 4.82. The van der Waals surface area contributed by atoms with Crippen LogP contribution in [0.5, 0.6) is 0 Å². The van der Waals surface area contributed by atoms with Crippen molar-refractivity contribution in [3.63, 3.8) is 0 Å². The van der Waals surface area contributed by atoms with Crippen LogP contribution in [0, 0.1) is 0 Å². The SMILES string of the molecule is C=C1C=C(Cl)/C=C\CN/C(C(=O)N(C)[C@H]2CCCC[C@H]2NC(=O)OC(C)(C)C)=C\1. The van der Waals surface area contributed by atoms with E-state index in [1.54, 1.807) is 30.2 Å². The molecular weight excluding hydrogens is 390 g/mol. The van der Waals surface area contributed by atoms with Crippen molar-refractivity contribution in [3.8, 4) is 0 Å².